The van der Waals surface area contributed by atoms with Gasteiger partial charge in [-0.3, -0.25) is 0 Å². The molecule has 0 atom stereocenters. The lowest BCUT2D eigenvalue weighted by Crippen LogP contribution is -1.99. The van der Waals surface area contributed by atoms with Crippen LogP contribution in [0.1, 0.15) is 18.4 Å². The van der Waals surface area contributed by atoms with Crippen molar-refractivity contribution in [3.05, 3.63) is 16.7 Å². The minimum Gasteiger partial charge on any atom is -0.325 e. The van der Waals surface area contributed by atoms with Crippen LogP contribution in [-0.2, 0) is 13.1 Å². The second-order valence-corrected chi connectivity index (χ2v) is 4.12. The maximum absolute atomic E-state index is 5.52. The van der Waals surface area contributed by atoms with Crippen LogP contribution in [-0.4, -0.2) is 19.7 Å². The Bertz CT molecular complexity index is 433. The van der Waals surface area contributed by atoms with Crippen LogP contribution in [0.4, 0.5) is 0 Å². The van der Waals surface area contributed by atoms with Crippen molar-refractivity contribution in [1.29, 1.82) is 0 Å². The normalized spacial score (nSPS) is 10.8. The molecule has 0 amide bonds. The van der Waals surface area contributed by atoms with Gasteiger partial charge in [0, 0.05) is 18.5 Å². The first-order valence-corrected chi connectivity index (χ1v) is 5.75. The van der Waals surface area contributed by atoms with E-state index >= 15 is 0 Å². The van der Waals surface area contributed by atoms with Gasteiger partial charge >= 0.3 is 0 Å². The zero-order chi connectivity index (χ0) is 10.7. The molecule has 80 valence electrons. The van der Waals surface area contributed by atoms with Crippen LogP contribution in [0.5, 0.6) is 0 Å². The van der Waals surface area contributed by atoms with Gasteiger partial charge in [0.05, 0.1) is 0 Å². The van der Waals surface area contributed by atoms with Gasteiger partial charge in [0.15, 0.2) is 5.82 Å². The van der Waals surface area contributed by atoms with Gasteiger partial charge in [-0.25, -0.2) is 4.98 Å². The molecule has 0 spiro atoms. The molecular weight excluding hydrogens is 210 g/mol. The van der Waals surface area contributed by atoms with Gasteiger partial charge in [0.25, 0.3) is 0 Å². The molecule has 2 aromatic heterocycles. The van der Waals surface area contributed by atoms with Crippen LogP contribution >= 0.6 is 11.3 Å². The third-order valence-corrected chi connectivity index (χ3v) is 2.91. The van der Waals surface area contributed by atoms with Gasteiger partial charge in [0.1, 0.15) is 17.0 Å². The van der Waals surface area contributed by atoms with E-state index in [1.54, 1.807) is 17.7 Å². The number of nitrogens with zero attached hydrogens (tertiary/aromatic N) is 4. The van der Waals surface area contributed by atoms with Crippen molar-refractivity contribution in [2.24, 2.45) is 5.73 Å². The third kappa shape index (κ3) is 2.05. The average molecular weight is 223 g/mol. The summed E-state index contributed by atoms with van der Waals surface area (Å²) >= 11 is 1.56. The summed E-state index contributed by atoms with van der Waals surface area (Å²) in [6.45, 7) is 3.51. The summed E-state index contributed by atoms with van der Waals surface area (Å²) in [5, 5.41) is 10.9. The molecule has 0 aliphatic rings. The summed E-state index contributed by atoms with van der Waals surface area (Å²) in [6.07, 6.45) is 2.79. The molecule has 0 saturated carbocycles. The van der Waals surface area contributed by atoms with Gasteiger partial charge < -0.3 is 10.3 Å². The Morgan fingerprint density at radius 2 is 2.40 bits per heavy atom. The van der Waals surface area contributed by atoms with Crippen LogP contribution in [0.15, 0.2) is 11.7 Å². The molecule has 0 saturated heterocycles. The quantitative estimate of drug-likeness (QED) is 0.847. The number of nitrogens with two attached hydrogens (primary N) is 1. The second-order valence-electron chi connectivity index (χ2n) is 3.18. The number of hydrogen-bond donors (Lipinski definition) is 1. The molecule has 2 aromatic rings. The van der Waals surface area contributed by atoms with Crippen LogP contribution < -0.4 is 5.73 Å². The Balaban J connectivity index is 2.31. The molecule has 2 N–H and O–H groups in total. The predicted octanol–water partition coefficient (Wildman–Crippen LogP) is 1.27. The molecule has 0 aromatic carbocycles. The number of aryl methyl sites for hydroxylation is 1. The Hall–Kier alpha value is -1.27. The number of hydrogen-bond acceptors (Lipinski definition) is 5. The van der Waals surface area contributed by atoms with Crippen molar-refractivity contribution >= 4 is 11.3 Å². The topological polar surface area (TPSA) is 69.6 Å². The minimum absolute atomic E-state index is 0.479. The first-order chi connectivity index (χ1) is 7.35. The summed E-state index contributed by atoms with van der Waals surface area (Å²) < 4.78 is 2.01. The highest BCUT2D eigenvalue weighted by molar-refractivity contribution is 7.09. The highest BCUT2D eigenvalue weighted by Gasteiger charge is 2.10. The molecule has 0 radical (unpaired) electrons. The summed E-state index contributed by atoms with van der Waals surface area (Å²) in [4.78, 5) is 4.38. The van der Waals surface area contributed by atoms with E-state index in [1.807, 2.05) is 9.95 Å². The van der Waals surface area contributed by atoms with Crippen molar-refractivity contribution in [3.63, 3.8) is 0 Å². The first-order valence-electron chi connectivity index (χ1n) is 4.87. The number of thiazole rings is 1. The zero-order valence-electron chi connectivity index (χ0n) is 8.55. The van der Waals surface area contributed by atoms with Gasteiger partial charge in [-0.15, -0.1) is 21.5 Å². The standard InChI is InChI=1S/C9H13N5S/c1-2-3-14-6-11-13-9(14)7-5-15-8(4-10)12-7/h5-6H,2-4,10H2,1H3. The highest BCUT2D eigenvalue weighted by Crippen LogP contribution is 2.19. The largest absolute Gasteiger partial charge is 0.325 e. The lowest BCUT2D eigenvalue weighted by atomic mass is 10.4. The van der Waals surface area contributed by atoms with Crippen molar-refractivity contribution in [1.82, 2.24) is 19.7 Å². The SMILES string of the molecule is CCCn1cnnc1-c1csc(CN)n1. The molecule has 0 unspecified atom stereocenters. The van der Waals surface area contributed by atoms with Gasteiger partial charge in [0.2, 0.25) is 0 Å². The van der Waals surface area contributed by atoms with E-state index in [1.165, 1.54) is 0 Å². The maximum Gasteiger partial charge on any atom is 0.183 e. The van der Waals surface area contributed by atoms with Crippen molar-refractivity contribution in [3.8, 4) is 11.5 Å². The maximum atomic E-state index is 5.52. The molecule has 0 aliphatic heterocycles. The predicted molar refractivity (Wildman–Crippen MR) is 59.3 cm³/mol. The average Bonchev–Trinajstić information content (AvgIpc) is 2.85. The molecule has 0 fully saturated rings. The van der Waals surface area contributed by atoms with E-state index in [4.69, 9.17) is 5.73 Å². The van der Waals surface area contributed by atoms with Crippen molar-refractivity contribution in [2.75, 3.05) is 0 Å². The highest BCUT2D eigenvalue weighted by atomic mass is 32.1. The lowest BCUT2D eigenvalue weighted by molar-refractivity contribution is 0.681. The monoisotopic (exact) mass is 223 g/mol. The molecule has 2 heterocycles. The van der Waals surface area contributed by atoms with E-state index in [9.17, 15) is 0 Å². The number of aromatic nitrogens is 4. The van der Waals surface area contributed by atoms with E-state index in [0.29, 0.717) is 6.54 Å². The molecule has 6 heteroatoms. The van der Waals surface area contributed by atoms with Crippen LogP contribution in [0.2, 0.25) is 0 Å². The van der Waals surface area contributed by atoms with Crippen LogP contribution in [0.25, 0.3) is 11.5 Å². The summed E-state index contributed by atoms with van der Waals surface area (Å²) in [7, 11) is 0. The molecular formula is C9H13N5S. The van der Waals surface area contributed by atoms with Gasteiger partial charge in [-0.05, 0) is 6.42 Å². The summed E-state index contributed by atoms with van der Waals surface area (Å²) in [5.41, 5.74) is 6.39. The smallest absolute Gasteiger partial charge is 0.183 e. The Morgan fingerprint density at radius 3 is 3.07 bits per heavy atom. The fourth-order valence-corrected chi connectivity index (χ4v) is 2.02. The number of rotatable bonds is 4. The lowest BCUT2D eigenvalue weighted by Gasteiger charge is -2.00. The third-order valence-electron chi connectivity index (χ3n) is 2.04. The Labute approximate surface area is 92.0 Å². The Kier molecular flexibility index (Phi) is 3.08. The van der Waals surface area contributed by atoms with Crippen molar-refractivity contribution < 1.29 is 0 Å². The minimum atomic E-state index is 0.479. The van der Waals surface area contributed by atoms with Gasteiger partial charge in [-0.1, -0.05) is 6.92 Å². The van der Waals surface area contributed by atoms with E-state index < -0.39 is 0 Å². The van der Waals surface area contributed by atoms with Crippen molar-refractivity contribution in [2.45, 2.75) is 26.4 Å². The fourth-order valence-electron chi connectivity index (χ4n) is 1.37. The van der Waals surface area contributed by atoms with E-state index in [0.717, 1.165) is 29.5 Å². The fraction of sp³-hybridized carbons (Fsp3) is 0.444. The zero-order valence-corrected chi connectivity index (χ0v) is 9.37. The molecule has 2 rings (SSSR count). The second kappa shape index (κ2) is 4.50. The molecule has 5 nitrogen and oxygen atoms in total. The molecule has 0 aliphatic carbocycles. The molecule has 0 bridgehead atoms. The molecule has 15 heavy (non-hydrogen) atoms. The van der Waals surface area contributed by atoms with Gasteiger partial charge in [-0.2, -0.15) is 0 Å². The van der Waals surface area contributed by atoms with E-state index in [-0.39, 0.29) is 0 Å². The van der Waals surface area contributed by atoms with Crippen LogP contribution in [0.3, 0.4) is 0 Å². The van der Waals surface area contributed by atoms with E-state index in [2.05, 4.69) is 22.1 Å². The first kappa shape index (κ1) is 10.3. The van der Waals surface area contributed by atoms with Crippen LogP contribution in [0, 0.1) is 0 Å². The summed E-state index contributed by atoms with van der Waals surface area (Å²) in [6, 6.07) is 0. The Morgan fingerprint density at radius 1 is 1.53 bits per heavy atom. The summed E-state index contributed by atoms with van der Waals surface area (Å²) in [5.74, 6) is 0.827.